The predicted octanol–water partition coefficient (Wildman–Crippen LogP) is 1.73. The normalized spacial score (nSPS) is 20.4. The Morgan fingerprint density at radius 2 is 1.92 bits per heavy atom. The van der Waals surface area contributed by atoms with Gasteiger partial charge in [0.1, 0.15) is 11.2 Å². The highest BCUT2D eigenvalue weighted by Crippen LogP contribution is 2.32. The third-order valence-electron chi connectivity index (χ3n) is 4.28. The molecule has 1 aliphatic heterocycles. The maximum absolute atomic E-state index is 12.8. The van der Waals surface area contributed by atoms with Gasteiger partial charge in [0, 0.05) is 12.6 Å². The van der Waals surface area contributed by atoms with Gasteiger partial charge in [-0.15, -0.1) is 0 Å². The average molecular weight is 331 g/mol. The number of nitrogens with zero attached hydrogens (tertiary/aromatic N) is 3. The van der Waals surface area contributed by atoms with Crippen LogP contribution in [0.4, 0.5) is 0 Å². The number of amides is 2. The Kier molecular flexibility index (Phi) is 4.55. The van der Waals surface area contributed by atoms with E-state index in [1.807, 2.05) is 13.8 Å². The first-order valence-electron chi connectivity index (χ1n) is 7.64. The standard InChI is InChI=1S/C17H21N3O4/c1-9(2)17(5)16(23)20(11(4)21)14(19-17)13-12(15(22)24-6)8-7-10(3)18-13/h7-9H,1-6H3. The quantitative estimate of drug-likeness (QED) is 0.787. The van der Waals surface area contributed by atoms with Gasteiger partial charge in [-0.05, 0) is 31.9 Å². The summed E-state index contributed by atoms with van der Waals surface area (Å²) in [6.45, 7) is 8.42. The van der Waals surface area contributed by atoms with E-state index in [-0.39, 0.29) is 23.0 Å². The van der Waals surface area contributed by atoms with Gasteiger partial charge in [-0.3, -0.25) is 9.59 Å². The molecule has 1 atom stereocenters. The maximum Gasteiger partial charge on any atom is 0.340 e. The molecule has 1 aromatic rings. The Labute approximate surface area is 140 Å². The molecule has 1 unspecified atom stereocenters. The Hall–Kier alpha value is -2.57. The lowest BCUT2D eigenvalue weighted by molar-refractivity contribution is -0.140. The number of amidine groups is 1. The summed E-state index contributed by atoms with van der Waals surface area (Å²) in [6, 6.07) is 3.21. The third-order valence-corrected chi connectivity index (χ3v) is 4.28. The fraction of sp³-hybridized carbons (Fsp3) is 0.471. The topological polar surface area (TPSA) is 88.9 Å². The molecule has 1 aliphatic rings. The van der Waals surface area contributed by atoms with E-state index >= 15 is 0 Å². The number of ether oxygens (including phenoxy) is 1. The number of imide groups is 1. The van der Waals surface area contributed by atoms with Gasteiger partial charge in [0.05, 0.1) is 12.7 Å². The molecule has 0 spiro atoms. The zero-order chi connectivity index (χ0) is 18.2. The van der Waals surface area contributed by atoms with Gasteiger partial charge in [0.15, 0.2) is 5.84 Å². The molecule has 2 rings (SSSR count). The van der Waals surface area contributed by atoms with Gasteiger partial charge < -0.3 is 4.74 Å². The van der Waals surface area contributed by atoms with Crippen molar-refractivity contribution >= 4 is 23.6 Å². The Morgan fingerprint density at radius 1 is 1.29 bits per heavy atom. The van der Waals surface area contributed by atoms with Crippen LogP contribution in [-0.2, 0) is 14.3 Å². The van der Waals surface area contributed by atoms with Crippen molar-refractivity contribution in [2.45, 2.75) is 40.2 Å². The minimum absolute atomic E-state index is 0.0906. The number of aryl methyl sites for hydroxylation is 1. The first kappa shape index (κ1) is 17.8. The lowest BCUT2D eigenvalue weighted by Gasteiger charge is -2.24. The second-order valence-corrected chi connectivity index (χ2v) is 6.24. The fourth-order valence-electron chi connectivity index (χ4n) is 2.47. The monoisotopic (exact) mass is 331 g/mol. The van der Waals surface area contributed by atoms with Gasteiger partial charge in [0.2, 0.25) is 5.91 Å². The molecule has 0 aromatic carbocycles. The van der Waals surface area contributed by atoms with E-state index in [4.69, 9.17) is 4.74 Å². The van der Waals surface area contributed by atoms with Crippen molar-refractivity contribution in [3.05, 3.63) is 29.1 Å². The van der Waals surface area contributed by atoms with E-state index < -0.39 is 23.3 Å². The molecule has 24 heavy (non-hydrogen) atoms. The van der Waals surface area contributed by atoms with Crippen LogP contribution >= 0.6 is 0 Å². The highest BCUT2D eigenvalue weighted by molar-refractivity contribution is 6.25. The summed E-state index contributed by atoms with van der Waals surface area (Å²) in [6.07, 6.45) is 0. The minimum atomic E-state index is -1.08. The van der Waals surface area contributed by atoms with Crippen molar-refractivity contribution in [1.82, 2.24) is 9.88 Å². The van der Waals surface area contributed by atoms with Crippen LogP contribution in [0.3, 0.4) is 0 Å². The lowest BCUT2D eigenvalue weighted by Crippen LogP contribution is -2.46. The molecule has 0 fully saturated rings. The molecular weight excluding hydrogens is 310 g/mol. The van der Waals surface area contributed by atoms with Crippen molar-refractivity contribution in [1.29, 1.82) is 0 Å². The third kappa shape index (κ3) is 2.70. The molecule has 7 heteroatoms. The van der Waals surface area contributed by atoms with Crippen LogP contribution in [0.2, 0.25) is 0 Å². The molecule has 0 N–H and O–H groups in total. The second-order valence-electron chi connectivity index (χ2n) is 6.24. The number of methoxy groups -OCH3 is 1. The molecule has 2 heterocycles. The van der Waals surface area contributed by atoms with Crippen LogP contribution in [0.25, 0.3) is 0 Å². The first-order valence-corrected chi connectivity index (χ1v) is 7.64. The molecule has 2 amide bonds. The fourth-order valence-corrected chi connectivity index (χ4v) is 2.47. The number of carbonyl (C=O) groups excluding carboxylic acids is 3. The van der Waals surface area contributed by atoms with Crippen LogP contribution < -0.4 is 0 Å². The van der Waals surface area contributed by atoms with E-state index in [0.717, 1.165) is 4.90 Å². The van der Waals surface area contributed by atoms with Crippen LogP contribution in [0.15, 0.2) is 17.1 Å². The van der Waals surface area contributed by atoms with Gasteiger partial charge >= 0.3 is 5.97 Å². The summed E-state index contributed by atoms with van der Waals surface area (Å²) < 4.78 is 4.78. The van der Waals surface area contributed by atoms with Crippen LogP contribution in [0.5, 0.6) is 0 Å². The van der Waals surface area contributed by atoms with E-state index in [0.29, 0.717) is 5.69 Å². The molecule has 1 aromatic heterocycles. The zero-order valence-electron chi connectivity index (χ0n) is 14.7. The number of carbonyl (C=O) groups is 3. The van der Waals surface area contributed by atoms with Crippen molar-refractivity contribution in [3.63, 3.8) is 0 Å². The molecular formula is C17H21N3O4. The van der Waals surface area contributed by atoms with E-state index in [1.165, 1.54) is 14.0 Å². The molecule has 0 bridgehead atoms. The number of aliphatic imine (C=N–C) groups is 1. The summed E-state index contributed by atoms with van der Waals surface area (Å²) in [5.74, 6) is -1.53. The molecule has 0 aliphatic carbocycles. The lowest BCUT2D eigenvalue weighted by atomic mass is 9.89. The summed E-state index contributed by atoms with van der Waals surface area (Å²) in [5, 5.41) is 0. The van der Waals surface area contributed by atoms with Crippen molar-refractivity contribution in [3.8, 4) is 0 Å². The highest BCUT2D eigenvalue weighted by Gasteiger charge is 2.49. The minimum Gasteiger partial charge on any atom is -0.465 e. The summed E-state index contributed by atoms with van der Waals surface area (Å²) in [4.78, 5) is 46.7. The van der Waals surface area contributed by atoms with Crippen molar-refractivity contribution in [2.75, 3.05) is 7.11 Å². The Balaban J connectivity index is 2.73. The molecule has 0 radical (unpaired) electrons. The van der Waals surface area contributed by atoms with Gasteiger partial charge in [-0.25, -0.2) is 19.7 Å². The largest absolute Gasteiger partial charge is 0.465 e. The number of pyridine rings is 1. The van der Waals surface area contributed by atoms with Crippen molar-refractivity contribution in [2.24, 2.45) is 10.9 Å². The second kappa shape index (κ2) is 6.14. The summed E-state index contributed by atoms with van der Waals surface area (Å²) in [7, 11) is 1.26. The number of hydrogen-bond donors (Lipinski definition) is 0. The van der Waals surface area contributed by atoms with Gasteiger partial charge in [-0.1, -0.05) is 13.8 Å². The maximum atomic E-state index is 12.8. The summed E-state index contributed by atoms with van der Waals surface area (Å²) >= 11 is 0. The van der Waals surface area contributed by atoms with Crippen molar-refractivity contribution < 1.29 is 19.1 Å². The summed E-state index contributed by atoms with van der Waals surface area (Å²) in [5.41, 5.74) is -0.113. The van der Waals surface area contributed by atoms with Crippen LogP contribution in [-0.4, -0.2) is 46.2 Å². The average Bonchev–Trinajstić information content (AvgIpc) is 2.79. The Morgan fingerprint density at radius 3 is 2.42 bits per heavy atom. The number of hydrogen-bond acceptors (Lipinski definition) is 6. The number of aromatic nitrogens is 1. The molecule has 0 saturated heterocycles. The van der Waals surface area contributed by atoms with Crippen LogP contribution in [0.1, 0.15) is 49.4 Å². The number of rotatable bonds is 3. The smallest absolute Gasteiger partial charge is 0.340 e. The molecule has 7 nitrogen and oxygen atoms in total. The number of esters is 1. The van der Waals surface area contributed by atoms with E-state index in [2.05, 4.69) is 9.98 Å². The Bertz CT molecular complexity index is 754. The van der Waals surface area contributed by atoms with Crippen LogP contribution in [0, 0.1) is 12.8 Å². The first-order chi connectivity index (χ1) is 11.1. The molecule has 128 valence electrons. The SMILES string of the molecule is COC(=O)c1ccc(C)nc1C1=NC(C)(C(C)C)C(=O)N1C(C)=O. The highest BCUT2D eigenvalue weighted by atomic mass is 16.5. The zero-order valence-corrected chi connectivity index (χ0v) is 14.7. The molecule has 0 saturated carbocycles. The predicted molar refractivity (Wildman–Crippen MR) is 87.6 cm³/mol. The van der Waals surface area contributed by atoms with E-state index in [1.54, 1.807) is 26.0 Å². The van der Waals surface area contributed by atoms with E-state index in [9.17, 15) is 14.4 Å². The van der Waals surface area contributed by atoms with Gasteiger partial charge in [-0.2, -0.15) is 0 Å². The van der Waals surface area contributed by atoms with Gasteiger partial charge in [0.25, 0.3) is 5.91 Å².